The van der Waals surface area contributed by atoms with Gasteiger partial charge in [0.25, 0.3) is 0 Å². The van der Waals surface area contributed by atoms with Gasteiger partial charge < -0.3 is 10.1 Å². The number of amides is 1. The number of carbonyl (C=O) groups excluding carboxylic acids is 1. The van der Waals surface area contributed by atoms with E-state index in [1.165, 1.54) is 23.1 Å². The maximum Gasteiger partial charge on any atom is 0.234 e. The molecule has 2 aromatic carbocycles. The van der Waals surface area contributed by atoms with Gasteiger partial charge in [0.05, 0.1) is 40.7 Å². The van der Waals surface area contributed by atoms with Crippen molar-refractivity contribution in [3.05, 3.63) is 42.0 Å². The molecule has 1 amide bonds. The van der Waals surface area contributed by atoms with E-state index in [1.807, 2.05) is 25.1 Å². The molecule has 0 spiro atoms. The zero-order chi connectivity index (χ0) is 20.3. The highest BCUT2D eigenvalue weighted by Gasteiger charge is 2.12. The van der Waals surface area contributed by atoms with Gasteiger partial charge in [-0.3, -0.25) is 9.52 Å². The number of thioether (sulfide) groups is 1. The Kier molecular flexibility index (Phi) is 6.11. The molecular weight excluding hydrogens is 418 g/mol. The molecular formula is C18H19N3O4S3. The van der Waals surface area contributed by atoms with E-state index in [1.54, 1.807) is 25.3 Å². The molecule has 1 aromatic heterocycles. The number of aryl methyl sites for hydroxylation is 1. The molecule has 0 unspecified atom stereocenters. The van der Waals surface area contributed by atoms with Gasteiger partial charge >= 0.3 is 0 Å². The number of methoxy groups -OCH3 is 1. The molecule has 1 heterocycles. The number of aromatic nitrogens is 1. The largest absolute Gasteiger partial charge is 0.495 e. The third kappa shape index (κ3) is 5.37. The van der Waals surface area contributed by atoms with E-state index in [0.29, 0.717) is 17.1 Å². The fourth-order valence-corrected chi connectivity index (χ4v) is 4.94. The molecule has 7 nitrogen and oxygen atoms in total. The van der Waals surface area contributed by atoms with E-state index in [0.717, 1.165) is 26.4 Å². The van der Waals surface area contributed by atoms with Crippen LogP contribution in [-0.2, 0) is 14.8 Å². The third-order valence-corrected chi connectivity index (χ3v) is 6.40. The van der Waals surface area contributed by atoms with Crippen molar-refractivity contribution in [2.24, 2.45) is 0 Å². The number of nitrogens with one attached hydrogen (secondary N) is 2. The first kappa shape index (κ1) is 20.4. The minimum Gasteiger partial charge on any atom is -0.495 e. The highest BCUT2D eigenvalue weighted by molar-refractivity contribution is 8.01. The number of rotatable bonds is 7. The van der Waals surface area contributed by atoms with Crippen LogP contribution in [0.15, 0.2) is 40.7 Å². The Balaban J connectivity index is 1.66. The van der Waals surface area contributed by atoms with E-state index < -0.39 is 10.0 Å². The minimum absolute atomic E-state index is 0.160. The number of benzene rings is 2. The summed E-state index contributed by atoms with van der Waals surface area (Å²) in [5, 5.41) is 2.86. The summed E-state index contributed by atoms with van der Waals surface area (Å²) >= 11 is 2.73. The Bertz CT molecular complexity index is 1130. The molecule has 148 valence electrons. The van der Waals surface area contributed by atoms with Gasteiger partial charge in [-0.05, 0) is 42.8 Å². The topological polar surface area (TPSA) is 97.4 Å². The number of carbonyl (C=O) groups is 1. The van der Waals surface area contributed by atoms with Crippen molar-refractivity contribution < 1.29 is 17.9 Å². The molecule has 0 bridgehead atoms. The number of thiazole rings is 1. The predicted molar refractivity (Wildman–Crippen MR) is 115 cm³/mol. The van der Waals surface area contributed by atoms with E-state index in [9.17, 15) is 13.2 Å². The lowest BCUT2D eigenvalue weighted by Gasteiger charge is -2.10. The van der Waals surface area contributed by atoms with Crippen LogP contribution in [0.3, 0.4) is 0 Å². The quantitative estimate of drug-likeness (QED) is 0.547. The van der Waals surface area contributed by atoms with Gasteiger partial charge in [0.2, 0.25) is 15.9 Å². The second-order valence-corrected chi connectivity index (χ2v) is 10.1. The number of hydrogen-bond donors (Lipinski definition) is 2. The maximum atomic E-state index is 12.3. The molecule has 2 N–H and O–H groups in total. The van der Waals surface area contributed by atoms with Crippen molar-refractivity contribution >= 4 is 60.6 Å². The summed E-state index contributed by atoms with van der Waals surface area (Å²) in [5.74, 6) is 0.646. The van der Waals surface area contributed by atoms with Crippen molar-refractivity contribution in [3.8, 4) is 5.75 Å². The van der Waals surface area contributed by atoms with Crippen molar-refractivity contribution in [2.75, 3.05) is 29.2 Å². The van der Waals surface area contributed by atoms with Crippen LogP contribution in [0, 0.1) is 6.92 Å². The van der Waals surface area contributed by atoms with Crippen molar-refractivity contribution in [1.82, 2.24) is 4.98 Å². The van der Waals surface area contributed by atoms with E-state index >= 15 is 0 Å². The monoisotopic (exact) mass is 437 g/mol. The number of sulfonamides is 1. The van der Waals surface area contributed by atoms with Crippen LogP contribution in [0.4, 0.5) is 11.4 Å². The van der Waals surface area contributed by atoms with Gasteiger partial charge in [0.1, 0.15) is 5.75 Å². The van der Waals surface area contributed by atoms with Gasteiger partial charge in [0, 0.05) is 0 Å². The Labute approximate surface area is 171 Å². The molecule has 0 saturated carbocycles. The Morgan fingerprint density at radius 3 is 2.75 bits per heavy atom. The van der Waals surface area contributed by atoms with Crippen molar-refractivity contribution in [1.29, 1.82) is 0 Å². The summed E-state index contributed by atoms with van der Waals surface area (Å²) < 4.78 is 32.0. The Morgan fingerprint density at radius 1 is 1.25 bits per heavy atom. The van der Waals surface area contributed by atoms with Gasteiger partial charge in [-0.2, -0.15) is 0 Å². The maximum absolute atomic E-state index is 12.3. The number of fused-ring (bicyclic) bond motifs is 1. The van der Waals surface area contributed by atoms with Crippen LogP contribution in [-0.4, -0.2) is 38.4 Å². The molecule has 0 radical (unpaired) electrons. The highest BCUT2D eigenvalue weighted by atomic mass is 32.2. The molecule has 0 saturated heterocycles. The first-order valence-corrected chi connectivity index (χ1v) is 11.9. The van der Waals surface area contributed by atoms with Crippen LogP contribution < -0.4 is 14.8 Å². The van der Waals surface area contributed by atoms with E-state index in [4.69, 9.17) is 4.74 Å². The summed E-state index contributed by atoms with van der Waals surface area (Å²) in [6.45, 7) is 1.94. The average Bonchev–Trinajstić information content (AvgIpc) is 3.01. The summed E-state index contributed by atoms with van der Waals surface area (Å²) in [6, 6.07) is 10.7. The summed E-state index contributed by atoms with van der Waals surface area (Å²) in [5.41, 5.74) is 2.90. The zero-order valence-corrected chi connectivity index (χ0v) is 17.9. The normalized spacial score (nSPS) is 11.4. The van der Waals surface area contributed by atoms with Crippen molar-refractivity contribution in [2.45, 2.75) is 11.3 Å². The second kappa shape index (κ2) is 8.38. The molecule has 3 rings (SSSR count). The van der Waals surface area contributed by atoms with E-state index in [2.05, 4.69) is 15.0 Å². The lowest BCUT2D eigenvalue weighted by Crippen LogP contribution is -2.14. The van der Waals surface area contributed by atoms with Crippen LogP contribution >= 0.6 is 23.1 Å². The van der Waals surface area contributed by atoms with Crippen LogP contribution in [0.5, 0.6) is 5.75 Å². The molecule has 0 atom stereocenters. The van der Waals surface area contributed by atoms with Crippen LogP contribution in [0.1, 0.15) is 5.56 Å². The lowest BCUT2D eigenvalue weighted by atomic mass is 10.2. The van der Waals surface area contributed by atoms with Gasteiger partial charge in [-0.15, -0.1) is 11.3 Å². The van der Waals surface area contributed by atoms with Gasteiger partial charge in [0.15, 0.2) is 4.34 Å². The zero-order valence-electron chi connectivity index (χ0n) is 15.5. The van der Waals surface area contributed by atoms with Gasteiger partial charge in [-0.1, -0.05) is 17.8 Å². The number of hydrogen-bond acceptors (Lipinski definition) is 7. The Morgan fingerprint density at radius 2 is 2.04 bits per heavy atom. The standard InChI is InChI=1S/C18H19N3O4S3/c1-11-4-7-15(25-2)14(8-11)19-17(22)10-26-18-20-13-6-5-12(9-16(13)27-18)21-28(3,23)24/h4-9,21H,10H2,1-3H3,(H,19,22). The van der Waals surface area contributed by atoms with E-state index in [-0.39, 0.29) is 11.7 Å². The average molecular weight is 438 g/mol. The fourth-order valence-electron chi connectivity index (χ4n) is 2.48. The minimum atomic E-state index is -3.33. The van der Waals surface area contributed by atoms with Crippen molar-refractivity contribution in [3.63, 3.8) is 0 Å². The molecule has 0 aliphatic rings. The van der Waals surface area contributed by atoms with Crippen LogP contribution in [0.25, 0.3) is 10.2 Å². The molecule has 0 fully saturated rings. The molecule has 28 heavy (non-hydrogen) atoms. The predicted octanol–water partition coefficient (Wildman–Crippen LogP) is 3.72. The molecule has 10 heteroatoms. The van der Waals surface area contributed by atoms with Gasteiger partial charge in [-0.25, -0.2) is 13.4 Å². The van der Waals surface area contributed by atoms with Crippen LogP contribution in [0.2, 0.25) is 0 Å². The second-order valence-electron chi connectivity index (χ2n) is 6.08. The Hall–Kier alpha value is -2.30. The summed E-state index contributed by atoms with van der Waals surface area (Å²) in [7, 11) is -1.77. The number of anilines is 2. The fraction of sp³-hybridized carbons (Fsp3) is 0.222. The lowest BCUT2D eigenvalue weighted by molar-refractivity contribution is -0.113. The smallest absolute Gasteiger partial charge is 0.234 e. The molecule has 3 aromatic rings. The first-order valence-electron chi connectivity index (χ1n) is 8.19. The third-order valence-electron chi connectivity index (χ3n) is 3.63. The molecule has 0 aliphatic carbocycles. The highest BCUT2D eigenvalue weighted by Crippen LogP contribution is 2.32. The number of nitrogens with zero attached hydrogens (tertiary/aromatic N) is 1. The molecule has 0 aliphatic heterocycles. The SMILES string of the molecule is COc1ccc(C)cc1NC(=O)CSc1nc2ccc(NS(C)(=O)=O)cc2s1. The summed E-state index contributed by atoms with van der Waals surface area (Å²) in [4.78, 5) is 16.8. The number of ether oxygens (including phenoxy) is 1. The summed E-state index contributed by atoms with van der Waals surface area (Å²) in [6.07, 6.45) is 1.10. The first-order chi connectivity index (χ1) is 13.2.